The van der Waals surface area contributed by atoms with Gasteiger partial charge in [-0.1, -0.05) is 44.2 Å². The Balaban J connectivity index is 1.61. The van der Waals surface area contributed by atoms with Gasteiger partial charge >= 0.3 is 0 Å². The zero-order valence-corrected chi connectivity index (χ0v) is 15.3. The maximum atomic E-state index is 9.36. The van der Waals surface area contributed by atoms with Crippen LogP contribution in [-0.2, 0) is 6.42 Å². The van der Waals surface area contributed by atoms with Crippen LogP contribution in [0.3, 0.4) is 0 Å². The third kappa shape index (κ3) is 4.16. The molecule has 0 aliphatic carbocycles. The fourth-order valence-electron chi connectivity index (χ4n) is 3.78. The highest BCUT2D eigenvalue weighted by Gasteiger charge is 2.37. The van der Waals surface area contributed by atoms with E-state index in [9.17, 15) is 5.11 Å². The second-order valence-electron chi connectivity index (χ2n) is 7.05. The van der Waals surface area contributed by atoms with Crippen LogP contribution in [-0.4, -0.2) is 23.8 Å². The number of hydrogen-bond acceptors (Lipinski definition) is 3. The van der Waals surface area contributed by atoms with Crippen molar-refractivity contribution in [2.75, 3.05) is 13.1 Å². The highest BCUT2D eigenvalue weighted by atomic mass is 16.5. The number of fused-ring (bicyclic) bond motifs is 1. The van der Waals surface area contributed by atoms with Crippen LogP contribution >= 0.6 is 0 Å². The maximum Gasteiger partial charge on any atom is 0.123 e. The lowest BCUT2D eigenvalue weighted by molar-refractivity contribution is 0.0275. The van der Waals surface area contributed by atoms with Gasteiger partial charge in [0.05, 0.1) is 0 Å². The van der Waals surface area contributed by atoms with Crippen LogP contribution in [0.1, 0.15) is 50.2 Å². The summed E-state index contributed by atoms with van der Waals surface area (Å²) in [5.41, 5.74) is 2.55. The number of hydrogen-bond donors (Lipinski definition) is 2. The van der Waals surface area contributed by atoms with Crippen LogP contribution in [0.25, 0.3) is 0 Å². The Labute approximate surface area is 151 Å². The smallest absolute Gasteiger partial charge is 0.123 e. The molecule has 1 aliphatic rings. The number of benzene rings is 2. The molecule has 3 heteroatoms. The summed E-state index contributed by atoms with van der Waals surface area (Å²) in [5, 5.41) is 13.0. The molecule has 1 atom stereocenters. The minimum atomic E-state index is -0.0301. The van der Waals surface area contributed by atoms with E-state index in [0.717, 1.165) is 44.5 Å². The Morgan fingerprint density at radius 2 is 1.80 bits per heavy atom. The maximum absolute atomic E-state index is 9.36. The standard InChI is InChI=1S/C22H29NO2/c1-3-22(4-2)15-18(20-7-5-6-8-21(20)25-22)16-23-14-13-17-9-11-19(24)12-10-17/h5-12,18,23-24H,3-4,13-16H2,1-2H3. The van der Waals surface area contributed by atoms with Crippen molar-refractivity contribution in [3.8, 4) is 11.5 Å². The molecule has 2 N–H and O–H groups in total. The Morgan fingerprint density at radius 3 is 2.52 bits per heavy atom. The summed E-state index contributed by atoms with van der Waals surface area (Å²) in [5.74, 6) is 1.87. The number of aromatic hydroxyl groups is 1. The van der Waals surface area contributed by atoms with Crippen molar-refractivity contribution < 1.29 is 9.84 Å². The van der Waals surface area contributed by atoms with Gasteiger partial charge in [0.15, 0.2) is 0 Å². The summed E-state index contributed by atoms with van der Waals surface area (Å²) in [7, 11) is 0. The Bertz CT molecular complexity index is 677. The van der Waals surface area contributed by atoms with Crippen molar-refractivity contribution in [2.24, 2.45) is 0 Å². The minimum absolute atomic E-state index is 0.0301. The average Bonchev–Trinajstić information content (AvgIpc) is 2.66. The van der Waals surface area contributed by atoms with E-state index < -0.39 is 0 Å². The molecule has 25 heavy (non-hydrogen) atoms. The summed E-state index contributed by atoms with van der Waals surface area (Å²) < 4.78 is 6.38. The normalized spacial score (nSPS) is 18.4. The number of ether oxygens (including phenoxy) is 1. The second kappa shape index (κ2) is 7.92. The number of phenolic OH excluding ortho intramolecular Hbond substituents is 1. The molecule has 2 aromatic rings. The molecule has 0 spiro atoms. The van der Waals surface area contributed by atoms with Crippen LogP contribution in [0.4, 0.5) is 0 Å². The zero-order chi connectivity index (χ0) is 17.7. The van der Waals surface area contributed by atoms with E-state index in [0.29, 0.717) is 11.7 Å². The van der Waals surface area contributed by atoms with Crippen LogP contribution in [0.15, 0.2) is 48.5 Å². The van der Waals surface area contributed by atoms with Gasteiger partial charge in [-0.2, -0.15) is 0 Å². The van der Waals surface area contributed by atoms with Crippen molar-refractivity contribution in [3.05, 3.63) is 59.7 Å². The summed E-state index contributed by atoms with van der Waals surface area (Å²) in [6, 6.07) is 16.0. The van der Waals surface area contributed by atoms with Gasteiger partial charge in [-0.3, -0.25) is 0 Å². The summed E-state index contributed by atoms with van der Waals surface area (Å²) in [6.45, 7) is 6.37. The van der Waals surface area contributed by atoms with Gasteiger partial charge in [0, 0.05) is 12.5 Å². The number of phenols is 1. The van der Waals surface area contributed by atoms with Gasteiger partial charge in [-0.25, -0.2) is 0 Å². The molecule has 2 aromatic carbocycles. The third-order valence-electron chi connectivity index (χ3n) is 5.51. The van der Waals surface area contributed by atoms with Gasteiger partial charge in [0.2, 0.25) is 0 Å². The molecule has 1 heterocycles. The Kier molecular flexibility index (Phi) is 5.64. The monoisotopic (exact) mass is 339 g/mol. The van der Waals surface area contributed by atoms with Crippen LogP contribution in [0.5, 0.6) is 11.5 Å². The quantitative estimate of drug-likeness (QED) is 0.722. The molecule has 0 saturated carbocycles. The van der Waals surface area contributed by atoms with E-state index in [4.69, 9.17) is 4.74 Å². The lowest BCUT2D eigenvalue weighted by Crippen LogP contribution is -2.42. The Morgan fingerprint density at radius 1 is 1.08 bits per heavy atom. The number of para-hydroxylation sites is 1. The first-order valence-electron chi connectivity index (χ1n) is 9.42. The van der Waals surface area contributed by atoms with Crippen LogP contribution in [0.2, 0.25) is 0 Å². The molecule has 3 nitrogen and oxygen atoms in total. The van der Waals surface area contributed by atoms with Crippen molar-refractivity contribution >= 4 is 0 Å². The predicted molar refractivity (Wildman–Crippen MR) is 102 cm³/mol. The lowest BCUT2D eigenvalue weighted by Gasteiger charge is -2.41. The van der Waals surface area contributed by atoms with Crippen molar-refractivity contribution in [1.82, 2.24) is 5.32 Å². The molecule has 0 saturated heterocycles. The minimum Gasteiger partial charge on any atom is -0.508 e. The van der Waals surface area contributed by atoms with E-state index in [2.05, 4.69) is 43.4 Å². The first-order chi connectivity index (χ1) is 12.2. The highest BCUT2D eigenvalue weighted by Crippen LogP contribution is 2.43. The largest absolute Gasteiger partial charge is 0.508 e. The summed E-state index contributed by atoms with van der Waals surface area (Å²) in [4.78, 5) is 0. The van der Waals surface area contributed by atoms with E-state index in [1.807, 2.05) is 12.1 Å². The molecule has 0 bridgehead atoms. The molecule has 134 valence electrons. The second-order valence-corrected chi connectivity index (χ2v) is 7.05. The number of rotatable bonds is 7. The average molecular weight is 339 g/mol. The SMILES string of the molecule is CCC1(CC)CC(CNCCc2ccc(O)cc2)c2ccccc2O1. The molecular weight excluding hydrogens is 310 g/mol. The van der Waals surface area contributed by atoms with Gasteiger partial charge < -0.3 is 15.2 Å². The van der Waals surface area contributed by atoms with Gasteiger partial charge in [0.1, 0.15) is 17.1 Å². The summed E-state index contributed by atoms with van der Waals surface area (Å²) >= 11 is 0. The molecule has 3 rings (SSSR count). The molecule has 0 aromatic heterocycles. The molecular formula is C22H29NO2. The number of nitrogens with one attached hydrogen (secondary N) is 1. The highest BCUT2D eigenvalue weighted by molar-refractivity contribution is 5.39. The van der Waals surface area contributed by atoms with Crippen LogP contribution in [0, 0.1) is 0 Å². The molecule has 1 unspecified atom stereocenters. The fourth-order valence-corrected chi connectivity index (χ4v) is 3.78. The first kappa shape index (κ1) is 17.8. The van der Waals surface area contributed by atoms with E-state index in [1.54, 1.807) is 12.1 Å². The van der Waals surface area contributed by atoms with E-state index in [1.165, 1.54) is 11.1 Å². The predicted octanol–water partition coefficient (Wildman–Crippen LogP) is 4.65. The zero-order valence-electron chi connectivity index (χ0n) is 15.3. The fraction of sp³-hybridized carbons (Fsp3) is 0.455. The van der Waals surface area contributed by atoms with Gasteiger partial charge in [-0.15, -0.1) is 0 Å². The Hall–Kier alpha value is -2.00. The molecule has 0 radical (unpaired) electrons. The molecule has 1 aliphatic heterocycles. The van der Waals surface area contributed by atoms with Crippen molar-refractivity contribution in [2.45, 2.75) is 51.0 Å². The summed E-state index contributed by atoms with van der Waals surface area (Å²) in [6.07, 6.45) is 4.13. The lowest BCUT2D eigenvalue weighted by atomic mass is 9.79. The first-order valence-corrected chi connectivity index (χ1v) is 9.42. The van der Waals surface area contributed by atoms with E-state index in [-0.39, 0.29) is 5.60 Å². The molecule has 0 amide bonds. The van der Waals surface area contributed by atoms with Gasteiger partial charge in [-0.05, 0) is 61.6 Å². The van der Waals surface area contributed by atoms with Crippen molar-refractivity contribution in [3.63, 3.8) is 0 Å². The van der Waals surface area contributed by atoms with Crippen LogP contribution < -0.4 is 10.1 Å². The van der Waals surface area contributed by atoms with Crippen molar-refractivity contribution in [1.29, 1.82) is 0 Å². The van der Waals surface area contributed by atoms with Gasteiger partial charge in [0.25, 0.3) is 0 Å². The van der Waals surface area contributed by atoms with E-state index >= 15 is 0 Å². The third-order valence-corrected chi connectivity index (χ3v) is 5.51. The molecule has 0 fully saturated rings. The topological polar surface area (TPSA) is 41.5 Å².